The maximum Gasteiger partial charge on any atom is 0.225 e. The van der Waals surface area contributed by atoms with Crippen molar-refractivity contribution in [2.24, 2.45) is 118 Å². The average molecular weight is 1330 g/mol. The summed E-state index contributed by atoms with van der Waals surface area (Å²) in [6.07, 6.45) is 15.8. The van der Waals surface area contributed by atoms with Gasteiger partial charge in [-0.1, -0.05) is 232 Å². The van der Waals surface area contributed by atoms with Crippen LogP contribution in [-0.4, -0.2) is 119 Å². The lowest BCUT2D eigenvalue weighted by Crippen LogP contribution is -2.38. The third-order valence-corrected chi connectivity index (χ3v) is 21.3. The lowest BCUT2D eigenvalue weighted by molar-refractivity contribution is -0.137. The Kier molecular flexibility index (Phi) is 53.3. The molecule has 0 spiro atoms. The molecular formula is C82H160N4O8. The van der Waals surface area contributed by atoms with Crippen LogP contribution in [0.15, 0.2) is 0 Å². The fourth-order valence-electron chi connectivity index (χ4n) is 9.74. The van der Waals surface area contributed by atoms with Gasteiger partial charge < -0.3 is 19.6 Å². The SMILES string of the molecule is CC(C)CC(=O)[C@@H](C)C(C)C.CC(C)CC(=O)[C@H](C)C(C)C.CC(C)[C@@H](C)C(=O)CC1CCC1.CC(C)[C@@H](C)C(=O)N(C)C(C)C.CC(C)[C@@H](C)C(=O)N1CCCC1.CC(C)[C@H](C)C(=O)CC1CCC1.CC(C)[C@H](C)C(=O)N(C)C(C)C.CC(C)[C@H](C)C(=O)N1CCCC1. The first-order valence-corrected chi connectivity index (χ1v) is 38.3. The Bertz CT molecular complexity index is 1810. The van der Waals surface area contributed by atoms with Gasteiger partial charge in [-0.15, -0.1) is 0 Å². The summed E-state index contributed by atoms with van der Waals surface area (Å²) in [5.74, 6) is 10.9. The van der Waals surface area contributed by atoms with E-state index >= 15 is 0 Å². The highest BCUT2D eigenvalue weighted by molar-refractivity contribution is 5.83. The highest BCUT2D eigenvalue weighted by Gasteiger charge is 2.29. The smallest absolute Gasteiger partial charge is 0.225 e. The van der Waals surface area contributed by atoms with Crippen molar-refractivity contribution < 1.29 is 38.4 Å². The Morgan fingerprint density at radius 3 is 0.649 bits per heavy atom. The summed E-state index contributed by atoms with van der Waals surface area (Å²) in [5, 5.41) is 0. The molecule has 0 radical (unpaired) electrons. The van der Waals surface area contributed by atoms with Crippen LogP contribution in [0.2, 0.25) is 0 Å². The summed E-state index contributed by atoms with van der Waals surface area (Å²) in [6.45, 7) is 70.3. The molecule has 2 saturated heterocycles. The van der Waals surface area contributed by atoms with Crippen LogP contribution in [0, 0.1) is 118 Å². The first-order chi connectivity index (χ1) is 43.1. The van der Waals surface area contributed by atoms with Crippen molar-refractivity contribution in [3.05, 3.63) is 0 Å². The van der Waals surface area contributed by atoms with Gasteiger partial charge in [0.05, 0.1) is 0 Å². The topological polar surface area (TPSA) is 150 Å². The quantitative estimate of drug-likeness (QED) is 0.0831. The van der Waals surface area contributed by atoms with Crippen molar-refractivity contribution in [1.29, 1.82) is 0 Å². The summed E-state index contributed by atoms with van der Waals surface area (Å²) >= 11 is 0. The van der Waals surface area contributed by atoms with Gasteiger partial charge >= 0.3 is 0 Å². The van der Waals surface area contributed by atoms with E-state index in [0.717, 1.165) is 63.7 Å². The van der Waals surface area contributed by atoms with E-state index < -0.39 is 0 Å². The summed E-state index contributed by atoms with van der Waals surface area (Å²) in [4.78, 5) is 100. The van der Waals surface area contributed by atoms with Crippen molar-refractivity contribution in [2.45, 2.75) is 324 Å². The molecule has 94 heavy (non-hydrogen) atoms. The van der Waals surface area contributed by atoms with Crippen LogP contribution in [0.4, 0.5) is 0 Å². The van der Waals surface area contributed by atoms with Gasteiger partial charge in [-0.25, -0.2) is 0 Å². The van der Waals surface area contributed by atoms with Crippen LogP contribution < -0.4 is 0 Å². The summed E-state index contributed by atoms with van der Waals surface area (Å²) < 4.78 is 0. The number of carbonyl (C=O) groups is 8. The molecule has 0 N–H and O–H groups in total. The van der Waals surface area contributed by atoms with Gasteiger partial charge in [0, 0.05) is 125 Å². The highest BCUT2D eigenvalue weighted by atomic mass is 16.2. The minimum absolute atomic E-state index is 0.136. The van der Waals surface area contributed by atoms with Crippen LogP contribution in [0.5, 0.6) is 0 Å². The fourth-order valence-corrected chi connectivity index (χ4v) is 9.74. The number of rotatable bonds is 26. The Hall–Kier alpha value is -3.44. The summed E-state index contributed by atoms with van der Waals surface area (Å²) in [6, 6.07) is 0.609. The van der Waals surface area contributed by atoms with E-state index in [9.17, 15) is 38.4 Å². The zero-order chi connectivity index (χ0) is 74.4. The first-order valence-electron chi connectivity index (χ1n) is 38.3. The normalized spacial score (nSPS) is 17.2. The molecule has 0 aromatic carbocycles. The largest absolute Gasteiger partial charge is 0.343 e. The van der Waals surface area contributed by atoms with Gasteiger partial charge in [0.1, 0.15) is 23.1 Å². The van der Waals surface area contributed by atoms with Crippen molar-refractivity contribution in [1.82, 2.24) is 19.6 Å². The number of hydrogen-bond acceptors (Lipinski definition) is 8. The number of amides is 4. The lowest BCUT2D eigenvalue weighted by atomic mass is 9.78. The molecule has 2 heterocycles. The van der Waals surface area contributed by atoms with Crippen molar-refractivity contribution in [3.8, 4) is 0 Å². The van der Waals surface area contributed by atoms with Crippen LogP contribution in [0.3, 0.4) is 0 Å². The minimum atomic E-state index is 0.136. The van der Waals surface area contributed by atoms with Gasteiger partial charge in [-0.05, 0) is 124 Å². The average Bonchev–Trinajstić information content (AvgIpc) is 2.46. The maximum atomic E-state index is 11.7. The maximum absolute atomic E-state index is 11.7. The van der Waals surface area contributed by atoms with Crippen LogP contribution in [-0.2, 0) is 38.4 Å². The van der Waals surface area contributed by atoms with Gasteiger partial charge in [0.25, 0.3) is 0 Å². The first kappa shape index (κ1) is 96.9. The summed E-state index contributed by atoms with van der Waals surface area (Å²) in [5.41, 5.74) is 0. The van der Waals surface area contributed by atoms with Crippen molar-refractivity contribution >= 4 is 46.8 Å². The summed E-state index contributed by atoms with van der Waals surface area (Å²) in [7, 11) is 3.73. The van der Waals surface area contributed by atoms with Crippen molar-refractivity contribution in [3.63, 3.8) is 0 Å². The number of hydrogen-bond donors (Lipinski definition) is 0. The third-order valence-electron chi connectivity index (χ3n) is 21.3. The fraction of sp³-hybridized carbons (Fsp3) is 0.902. The van der Waals surface area contributed by atoms with Crippen LogP contribution in [0.25, 0.3) is 0 Å². The monoisotopic (exact) mass is 1330 g/mol. The number of carbonyl (C=O) groups excluding carboxylic acids is 8. The van der Waals surface area contributed by atoms with E-state index in [1.807, 2.05) is 103 Å². The molecule has 556 valence electrons. The second-order valence-electron chi connectivity index (χ2n) is 33.5. The second kappa shape index (κ2) is 51.7. The van der Waals surface area contributed by atoms with E-state index in [1.165, 1.54) is 64.2 Å². The Morgan fingerprint density at radius 2 is 0.489 bits per heavy atom. The predicted molar refractivity (Wildman–Crippen MR) is 402 cm³/mol. The molecular weight excluding hydrogens is 1170 g/mol. The third kappa shape index (κ3) is 42.4. The Morgan fingerprint density at radius 1 is 0.287 bits per heavy atom. The Labute approximate surface area is 584 Å². The zero-order valence-electron chi connectivity index (χ0n) is 68.5. The van der Waals surface area contributed by atoms with E-state index in [0.29, 0.717) is 106 Å². The van der Waals surface area contributed by atoms with Gasteiger partial charge in [-0.3, -0.25) is 38.4 Å². The molecule has 4 amide bonds. The lowest BCUT2D eigenvalue weighted by Gasteiger charge is -2.26. The predicted octanol–water partition coefficient (Wildman–Crippen LogP) is 20.0. The molecule has 0 aromatic heterocycles. The number of ketones is 4. The minimum Gasteiger partial charge on any atom is -0.343 e. The molecule has 8 atom stereocenters. The molecule has 4 aliphatic rings. The van der Waals surface area contributed by atoms with Crippen molar-refractivity contribution in [2.75, 3.05) is 40.3 Å². The molecule has 0 bridgehead atoms. The molecule has 2 saturated carbocycles. The van der Waals surface area contributed by atoms with Gasteiger partial charge in [-0.2, -0.15) is 0 Å². The molecule has 0 unspecified atom stereocenters. The van der Waals surface area contributed by atoms with E-state index in [4.69, 9.17) is 0 Å². The second-order valence-corrected chi connectivity index (χ2v) is 33.5. The standard InChI is InChI=1S/2C11H20O.2C10H19NO.2C10H21NO.2C10H20O/c2*1-8(2)9(3)11(12)7-10-5-4-6-10;2*1-8(2)9(3)10(12)11-6-4-5-7-11;2*1-7(2)9(5)10(12)11(6)8(3)4;2*1-7(2)6-10(11)9(5)8(3)4/h2*8-10H,4-7H2,1-3H3;2*8-9H,4-7H2,1-3H3;2*7-9H,1-6H3;2*7-9H,6H2,1-5H3/t8*9-/m10101010/s1. The Balaban J connectivity index is -0.000000493. The number of likely N-dealkylation sites (tertiary alicyclic amines) is 2. The van der Waals surface area contributed by atoms with E-state index in [1.54, 1.807) is 0 Å². The number of Topliss-reactive ketones (excluding diaryl/α,β-unsaturated/α-hetero) is 4. The molecule has 2 aliphatic carbocycles. The molecule has 4 rings (SSSR count). The van der Waals surface area contributed by atoms with E-state index in [2.05, 4.69) is 152 Å². The molecule has 4 fully saturated rings. The van der Waals surface area contributed by atoms with E-state index in [-0.39, 0.29) is 59.2 Å². The molecule has 2 aliphatic heterocycles. The molecule has 12 heteroatoms. The zero-order valence-corrected chi connectivity index (χ0v) is 68.5. The van der Waals surface area contributed by atoms with Crippen LogP contribution in [0.1, 0.15) is 311 Å². The van der Waals surface area contributed by atoms with Crippen LogP contribution >= 0.6 is 0 Å². The number of nitrogens with zero attached hydrogens (tertiary/aromatic N) is 4. The van der Waals surface area contributed by atoms with Gasteiger partial charge in [0.2, 0.25) is 23.6 Å². The molecule has 12 nitrogen and oxygen atoms in total. The van der Waals surface area contributed by atoms with Gasteiger partial charge in [0.15, 0.2) is 0 Å². The highest BCUT2D eigenvalue weighted by Crippen LogP contribution is 2.32. The molecule has 0 aromatic rings.